The molecule has 0 saturated carbocycles. The quantitative estimate of drug-likeness (QED) is 0.761. The van der Waals surface area contributed by atoms with Gasteiger partial charge in [0.2, 0.25) is 5.91 Å². The summed E-state index contributed by atoms with van der Waals surface area (Å²) >= 11 is 0. The molecular formula is C13H22N2O3. The van der Waals surface area contributed by atoms with Crippen LogP contribution in [0.4, 0.5) is 0 Å². The van der Waals surface area contributed by atoms with E-state index in [2.05, 4.69) is 12.2 Å². The zero-order valence-electron chi connectivity index (χ0n) is 10.9. The number of nitrogens with one attached hydrogen (secondary N) is 1. The summed E-state index contributed by atoms with van der Waals surface area (Å²) in [6.45, 7) is 4.26. The summed E-state index contributed by atoms with van der Waals surface area (Å²) in [4.78, 5) is 25.0. The molecule has 2 heterocycles. The maximum absolute atomic E-state index is 12.3. The molecule has 2 rings (SSSR count). The standard InChI is InChI=1S/C13H22N2O3/c1-9-2-5-14-11(8-9)12(16)15-6-3-10(4-7-15)13(17)18/h9-11,14H,2-8H2,1H3,(H,17,18). The van der Waals surface area contributed by atoms with E-state index < -0.39 is 5.97 Å². The van der Waals surface area contributed by atoms with Crippen LogP contribution in [-0.2, 0) is 9.59 Å². The number of amides is 1. The van der Waals surface area contributed by atoms with Crippen molar-refractivity contribution in [3.63, 3.8) is 0 Å². The molecule has 2 aliphatic rings. The van der Waals surface area contributed by atoms with Crippen molar-refractivity contribution < 1.29 is 14.7 Å². The minimum atomic E-state index is -0.730. The van der Waals surface area contributed by atoms with Crippen LogP contribution in [0.2, 0.25) is 0 Å². The third-order valence-electron chi connectivity index (χ3n) is 4.12. The lowest BCUT2D eigenvalue weighted by Crippen LogP contribution is -2.52. The van der Waals surface area contributed by atoms with Crippen LogP contribution < -0.4 is 5.32 Å². The molecule has 0 aromatic carbocycles. The summed E-state index contributed by atoms with van der Waals surface area (Å²) in [6, 6.07) is -0.0601. The Kier molecular flexibility index (Phi) is 4.22. The van der Waals surface area contributed by atoms with Crippen molar-refractivity contribution in [3.05, 3.63) is 0 Å². The third kappa shape index (κ3) is 3.02. The number of hydrogen-bond donors (Lipinski definition) is 2. The molecule has 2 unspecified atom stereocenters. The van der Waals surface area contributed by atoms with Crippen LogP contribution in [0.15, 0.2) is 0 Å². The molecule has 2 fully saturated rings. The van der Waals surface area contributed by atoms with E-state index in [9.17, 15) is 9.59 Å². The molecule has 5 heteroatoms. The van der Waals surface area contributed by atoms with Gasteiger partial charge in [-0.3, -0.25) is 9.59 Å². The number of likely N-dealkylation sites (tertiary alicyclic amines) is 1. The van der Waals surface area contributed by atoms with Gasteiger partial charge in [-0.1, -0.05) is 6.92 Å². The molecule has 2 saturated heterocycles. The van der Waals surface area contributed by atoms with Crippen molar-refractivity contribution in [3.8, 4) is 0 Å². The van der Waals surface area contributed by atoms with E-state index in [0.717, 1.165) is 19.4 Å². The Hall–Kier alpha value is -1.10. The summed E-state index contributed by atoms with van der Waals surface area (Å²) in [6.07, 6.45) is 3.20. The Balaban J connectivity index is 1.85. The van der Waals surface area contributed by atoms with E-state index in [1.54, 1.807) is 0 Å². The first kappa shape index (κ1) is 13.3. The van der Waals surface area contributed by atoms with Crippen LogP contribution in [0.5, 0.6) is 0 Å². The first-order valence-corrected chi connectivity index (χ1v) is 6.83. The molecule has 0 aliphatic carbocycles. The number of nitrogens with zero attached hydrogens (tertiary/aromatic N) is 1. The summed E-state index contributed by atoms with van der Waals surface area (Å²) < 4.78 is 0. The minimum absolute atomic E-state index is 0.0601. The van der Waals surface area contributed by atoms with Gasteiger partial charge in [0.15, 0.2) is 0 Å². The predicted molar refractivity (Wildman–Crippen MR) is 67.1 cm³/mol. The highest BCUT2D eigenvalue weighted by Gasteiger charge is 2.32. The second kappa shape index (κ2) is 5.69. The number of rotatable bonds is 2. The minimum Gasteiger partial charge on any atom is -0.481 e. The molecule has 2 aliphatic heterocycles. The Morgan fingerprint density at radius 3 is 2.44 bits per heavy atom. The van der Waals surface area contributed by atoms with Gasteiger partial charge in [0.25, 0.3) is 0 Å². The number of carboxylic acids is 1. The number of aliphatic carboxylic acids is 1. The smallest absolute Gasteiger partial charge is 0.306 e. The van der Waals surface area contributed by atoms with E-state index in [4.69, 9.17) is 5.11 Å². The largest absolute Gasteiger partial charge is 0.481 e. The number of carboxylic acid groups (broad SMARTS) is 1. The lowest BCUT2D eigenvalue weighted by atomic mass is 9.92. The second-order valence-electron chi connectivity index (χ2n) is 5.57. The van der Waals surface area contributed by atoms with E-state index in [1.165, 1.54) is 0 Å². The van der Waals surface area contributed by atoms with Crippen molar-refractivity contribution in [1.29, 1.82) is 0 Å². The van der Waals surface area contributed by atoms with Gasteiger partial charge in [-0.15, -0.1) is 0 Å². The topological polar surface area (TPSA) is 69.6 Å². The molecule has 0 spiro atoms. The van der Waals surface area contributed by atoms with Gasteiger partial charge in [0.1, 0.15) is 0 Å². The van der Waals surface area contributed by atoms with E-state index in [1.807, 2.05) is 4.90 Å². The molecule has 0 radical (unpaired) electrons. The molecular weight excluding hydrogens is 232 g/mol. The molecule has 5 nitrogen and oxygen atoms in total. The van der Waals surface area contributed by atoms with Gasteiger partial charge >= 0.3 is 5.97 Å². The number of hydrogen-bond acceptors (Lipinski definition) is 3. The summed E-state index contributed by atoms with van der Waals surface area (Å²) in [7, 11) is 0. The fraction of sp³-hybridized carbons (Fsp3) is 0.846. The van der Waals surface area contributed by atoms with Gasteiger partial charge in [0, 0.05) is 13.1 Å². The highest BCUT2D eigenvalue weighted by molar-refractivity contribution is 5.82. The summed E-state index contributed by atoms with van der Waals surface area (Å²) in [5.74, 6) is -0.249. The zero-order chi connectivity index (χ0) is 13.1. The fourth-order valence-electron chi connectivity index (χ4n) is 2.86. The molecule has 2 atom stereocenters. The summed E-state index contributed by atoms with van der Waals surface area (Å²) in [5, 5.41) is 12.2. The van der Waals surface area contributed by atoms with Crippen LogP contribution in [0.1, 0.15) is 32.6 Å². The molecule has 18 heavy (non-hydrogen) atoms. The first-order valence-electron chi connectivity index (χ1n) is 6.83. The lowest BCUT2D eigenvalue weighted by Gasteiger charge is -2.35. The molecule has 102 valence electrons. The van der Waals surface area contributed by atoms with Gasteiger partial charge in [-0.25, -0.2) is 0 Å². The van der Waals surface area contributed by atoms with Crippen molar-refractivity contribution in [2.24, 2.45) is 11.8 Å². The van der Waals surface area contributed by atoms with Crippen LogP contribution >= 0.6 is 0 Å². The Morgan fingerprint density at radius 2 is 1.89 bits per heavy atom. The molecule has 0 bridgehead atoms. The Morgan fingerprint density at radius 1 is 1.22 bits per heavy atom. The van der Waals surface area contributed by atoms with Gasteiger partial charge in [-0.2, -0.15) is 0 Å². The third-order valence-corrected chi connectivity index (χ3v) is 4.12. The van der Waals surface area contributed by atoms with E-state index in [0.29, 0.717) is 31.8 Å². The molecule has 0 aromatic rings. The van der Waals surface area contributed by atoms with Crippen molar-refractivity contribution >= 4 is 11.9 Å². The highest BCUT2D eigenvalue weighted by Crippen LogP contribution is 2.21. The van der Waals surface area contributed by atoms with Gasteiger partial charge in [0.05, 0.1) is 12.0 Å². The number of carbonyl (C=O) groups excluding carboxylic acids is 1. The lowest BCUT2D eigenvalue weighted by molar-refractivity contribution is -0.146. The van der Waals surface area contributed by atoms with Crippen LogP contribution in [0, 0.1) is 11.8 Å². The van der Waals surface area contributed by atoms with Crippen LogP contribution in [-0.4, -0.2) is 47.6 Å². The van der Waals surface area contributed by atoms with E-state index >= 15 is 0 Å². The van der Waals surface area contributed by atoms with Crippen LogP contribution in [0.25, 0.3) is 0 Å². The predicted octanol–water partition coefficient (Wildman–Crippen LogP) is 0.698. The monoisotopic (exact) mass is 254 g/mol. The highest BCUT2D eigenvalue weighted by atomic mass is 16.4. The fourth-order valence-corrected chi connectivity index (χ4v) is 2.86. The van der Waals surface area contributed by atoms with Crippen LogP contribution in [0.3, 0.4) is 0 Å². The van der Waals surface area contributed by atoms with Crippen molar-refractivity contribution in [1.82, 2.24) is 10.2 Å². The van der Waals surface area contributed by atoms with Crippen molar-refractivity contribution in [2.75, 3.05) is 19.6 Å². The number of carbonyl (C=O) groups is 2. The van der Waals surface area contributed by atoms with Crippen molar-refractivity contribution in [2.45, 2.75) is 38.6 Å². The average molecular weight is 254 g/mol. The summed E-state index contributed by atoms with van der Waals surface area (Å²) in [5.41, 5.74) is 0. The van der Waals surface area contributed by atoms with E-state index in [-0.39, 0.29) is 17.9 Å². The Bertz CT molecular complexity index is 324. The maximum atomic E-state index is 12.3. The Labute approximate surface area is 108 Å². The zero-order valence-corrected chi connectivity index (χ0v) is 10.9. The second-order valence-corrected chi connectivity index (χ2v) is 5.57. The SMILES string of the molecule is CC1CCNC(C(=O)N2CCC(C(=O)O)CC2)C1. The first-order chi connectivity index (χ1) is 8.58. The number of piperidine rings is 2. The molecule has 0 aromatic heterocycles. The average Bonchev–Trinajstić information content (AvgIpc) is 2.38. The van der Waals surface area contributed by atoms with Gasteiger partial charge < -0.3 is 15.3 Å². The normalized spacial score (nSPS) is 30.2. The van der Waals surface area contributed by atoms with Gasteiger partial charge in [-0.05, 0) is 38.1 Å². The molecule has 1 amide bonds. The maximum Gasteiger partial charge on any atom is 0.306 e. The molecule has 2 N–H and O–H groups in total.